The molecule has 0 bridgehead atoms. The van der Waals surface area contributed by atoms with E-state index < -0.39 is 68.0 Å². The molecule has 13 nitrogen and oxygen atoms in total. The van der Waals surface area contributed by atoms with Gasteiger partial charge in [0.05, 0.1) is 34.0 Å². The Morgan fingerprint density at radius 1 is 0.706 bits per heavy atom. The van der Waals surface area contributed by atoms with Crippen LogP contribution in [-0.2, 0) is 14.2 Å². The monoisotopic (exact) mass is 492 g/mol. The summed E-state index contributed by atoms with van der Waals surface area (Å²) in [5.41, 5.74) is 0. The van der Waals surface area contributed by atoms with Crippen LogP contribution in [-0.4, -0.2) is 120 Å². The molecule has 0 spiro atoms. The van der Waals surface area contributed by atoms with Gasteiger partial charge in [-0.3, -0.25) is 0 Å². The van der Waals surface area contributed by atoms with Crippen LogP contribution in [0, 0.1) is 0 Å². The van der Waals surface area contributed by atoms with E-state index in [0.717, 1.165) is 0 Å². The Balaban J connectivity index is 1.72. The van der Waals surface area contributed by atoms with E-state index in [-0.39, 0.29) is 17.2 Å². The highest BCUT2D eigenvalue weighted by molar-refractivity contribution is 5.55. The molecule has 0 aromatic heterocycles. The first kappa shape index (κ1) is 26.7. The molecular weight excluding hydrogens is 460 g/mol. The summed E-state index contributed by atoms with van der Waals surface area (Å²) in [6, 6.07) is 2.92. The van der Waals surface area contributed by atoms with Crippen molar-refractivity contribution >= 4 is 0 Å². The molecule has 0 aliphatic carbocycles. The quantitative estimate of drug-likeness (QED) is 0.229. The highest BCUT2D eigenvalue weighted by Crippen LogP contribution is 2.41. The molecular formula is C21H32O13. The smallest absolute Gasteiger partial charge is 0.229 e. The highest BCUT2D eigenvalue weighted by atomic mass is 16.7. The zero-order valence-electron chi connectivity index (χ0n) is 19.2. The molecule has 13 heteroatoms. The zero-order valence-corrected chi connectivity index (χ0v) is 19.2. The van der Waals surface area contributed by atoms with Gasteiger partial charge in [0.2, 0.25) is 12.0 Å². The van der Waals surface area contributed by atoms with E-state index in [1.807, 2.05) is 0 Å². The molecule has 2 saturated heterocycles. The highest BCUT2D eigenvalue weighted by Gasteiger charge is 2.47. The molecule has 3 rings (SSSR count). The summed E-state index contributed by atoms with van der Waals surface area (Å²) in [5.74, 6) is 1.03. The van der Waals surface area contributed by atoms with Crippen molar-refractivity contribution in [3.05, 3.63) is 12.1 Å². The molecule has 1 aromatic carbocycles. The van der Waals surface area contributed by atoms with Crippen molar-refractivity contribution in [1.82, 2.24) is 0 Å². The second-order valence-electron chi connectivity index (χ2n) is 8.01. The van der Waals surface area contributed by atoms with Crippen LogP contribution in [0.3, 0.4) is 0 Å². The number of hydrogen-bond donors (Lipinski definition) is 6. The normalized spacial score (nSPS) is 38.3. The molecule has 34 heavy (non-hydrogen) atoms. The van der Waals surface area contributed by atoms with E-state index in [0.29, 0.717) is 5.75 Å². The van der Waals surface area contributed by atoms with Crippen molar-refractivity contribution in [2.75, 3.05) is 27.9 Å². The van der Waals surface area contributed by atoms with E-state index in [4.69, 9.17) is 33.2 Å². The number of benzene rings is 1. The van der Waals surface area contributed by atoms with Gasteiger partial charge < -0.3 is 63.8 Å². The van der Waals surface area contributed by atoms with Gasteiger partial charge in [-0.1, -0.05) is 0 Å². The van der Waals surface area contributed by atoms with Crippen molar-refractivity contribution in [3.63, 3.8) is 0 Å². The first-order valence-electron chi connectivity index (χ1n) is 10.6. The van der Waals surface area contributed by atoms with Gasteiger partial charge in [0.25, 0.3) is 0 Å². The van der Waals surface area contributed by atoms with E-state index in [1.54, 1.807) is 0 Å². The molecule has 0 unspecified atom stereocenters. The standard InChI is InChI=1S/C21H32O13/c1-8-13(22)15(24)17(26)20(32-8)31-7-12-14(23)16(25)18(27)21(34-12)33-9-5-10(28-2)19(30-4)11(6-9)29-3/h5-6,8,12-18,20-27H,7H2,1-4H3/t8-,12+,13+,14+,15-,16+,17+,18+,20-,21-/m0/s1. The van der Waals surface area contributed by atoms with Gasteiger partial charge in [-0.2, -0.15) is 0 Å². The summed E-state index contributed by atoms with van der Waals surface area (Å²) >= 11 is 0. The minimum Gasteiger partial charge on any atom is -0.493 e. The van der Waals surface area contributed by atoms with Crippen molar-refractivity contribution in [1.29, 1.82) is 0 Å². The molecule has 0 saturated carbocycles. The van der Waals surface area contributed by atoms with Crippen LogP contribution in [0.15, 0.2) is 12.1 Å². The Morgan fingerprint density at radius 2 is 1.26 bits per heavy atom. The van der Waals surface area contributed by atoms with Crippen LogP contribution in [0.4, 0.5) is 0 Å². The van der Waals surface area contributed by atoms with Gasteiger partial charge in [0.1, 0.15) is 48.5 Å². The number of aliphatic hydroxyl groups excluding tert-OH is 6. The lowest BCUT2D eigenvalue weighted by molar-refractivity contribution is -0.318. The van der Waals surface area contributed by atoms with Crippen molar-refractivity contribution < 1.29 is 63.8 Å². The summed E-state index contributed by atoms with van der Waals surface area (Å²) in [6.45, 7) is 1.08. The average molecular weight is 492 g/mol. The maximum Gasteiger partial charge on any atom is 0.229 e. The van der Waals surface area contributed by atoms with E-state index in [1.165, 1.54) is 40.4 Å². The molecule has 6 N–H and O–H groups in total. The zero-order chi connectivity index (χ0) is 25.2. The van der Waals surface area contributed by atoms with Gasteiger partial charge >= 0.3 is 0 Å². The molecule has 2 aliphatic rings. The molecule has 10 atom stereocenters. The van der Waals surface area contributed by atoms with Gasteiger partial charge in [-0.05, 0) is 6.92 Å². The number of aliphatic hydroxyl groups is 6. The molecule has 0 radical (unpaired) electrons. The average Bonchev–Trinajstić information content (AvgIpc) is 2.84. The largest absolute Gasteiger partial charge is 0.493 e. The summed E-state index contributed by atoms with van der Waals surface area (Å²) in [6.07, 6.45) is -14.0. The second-order valence-corrected chi connectivity index (χ2v) is 8.01. The molecule has 194 valence electrons. The number of ether oxygens (including phenoxy) is 7. The lowest BCUT2D eigenvalue weighted by atomic mass is 9.98. The Kier molecular flexibility index (Phi) is 8.78. The Hall–Kier alpha value is -1.94. The maximum absolute atomic E-state index is 10.4. The SMILES string of the molecule is COc1cc(O[C@H]2O[C@H](CO[C@H]3O[C@@H](C)[C@@H](O)[C@H](O)[C@H]3O)[C@@H](O)[C@@H](O)[C@H]2O)cc(OC)c1OC. The number of rotatable bonds is 8. The maximum atomic E-state index is 10.4. The number of hydrogen-bond acceptors (Lipinski definition) is 13. The topological polar surface area (TPSA) is 186 Å². The minimum atomic E-state index is -1.65. The van der Waals surface area contributed by atoms with Gasteiger partial charge in [-0.25, -0.2) is 0 Å². The lowest BCUT2D eigenvalue weighted by Gasteiger charge is -2.42. The third kappa shape index (κ3) is 5.32. The van der Waals surface area contributed by atoms with Gasteiger partial charge in [-0.15, -0.1) is 0 Å². The fraction of sp³-hybridized carbons (Fsp3) is 0.714. The number of methoxy groups -OCH3 is 3. The van der Waals surface area contributed by atoms with Crippen molar-refractivity contribution in [2.24, 2.45) is 0 Å². The van der Waals surface area contributed by atoms with E-state index >= 15 is 0 Å². The molecule has 2 fully saturated rings. The van der Waals surface area contributed by atoms with Crippen molar-refractivity contribution in [2.45, 2.75) is 68.3 Å². The molecule has 0 amide bonds. The molecule has 2 aliphatic heterocycles. The predicted octanol–water partition coefficient (Wildman–Crippen LogP) is -2.26. The summed E-state index contributed by atoms with van der Waals surface area (Å²) < 4.78 is 37.9. The van der Waals surface area contributed by atoms with Crippen LogP contribution < -0.4 is 18.9 Å². The fourth-order valence-corrected chi connectivity index (χ4v) is 3.75. The van der Waals surface area contributed by atoms with Gasteiger partial charge in [0.15, 0.2) is 17.8 Å². The second kappa shape index (κ2) is 11.2. The first-order chi connectivity index (χ1) is 16.1. The van der Waals surface area contributed by atoms with E-state index in [9.17, 15) is 30.6 Å². The third-order valence-electron chi connectivity index (χ3n) is 5.79. The fourth-order valence-electron chi connectivity index (χ4n) is 3.75. The van der Waals surface area contributed by atoms with E-state index in [2.05, 4.69) is 0 Å². The summed E-state index contributed by atoms with van der Waals surface area (Å²) in [4.78, 5) is 0. The summed E-state index contributed by atoms with van der Waals surface area (Å²) in [7, 11) is 4.27. The van der Waals surface area contributed by atoms with Crippen LogP contribution in [0.25, 0.3) is 0 Å². The lowest BCUT2D eigenvalue weighted by Crippen LogP contribution is -2.61. The van der Waals surface area contributed by atoms with Crippen LogP contribution in [0.1, 0.15) is 6.92 Å². The Bertz CT molecular complexity index is 782. The third-order valence-corrected chi connectivity index (χ3v) is 5.79. The summed E-state index contributed by atoms with van der Waals surface area (Å²) in [5, 5.41) is 60.8. The Morgan fingerprint density at radius 3 is 1.82 bits per heavy atom. The van der Waals surface area contributed by atoms with Crippen LogP contribution in [0.2, 0.25) is 0 Å². The molecule has 2 heterocycles. The Labute approximate surface area is 195 Å². The van der Waals surface area contributed by atoms with Crippen molar-refractivity contribution in [3.8, 4) is 23.0 Å². The first-order valence-corrected chi connectivity index (χ1v) is 10.6. The van der Waals surface area contributed by atoms with Gasteiger partial charge in [0, 0.05) is 12.1 Å². The molecule has 1 aromatic rings. The predicted molar refractivity (Wildman–Crippen MR) is 112 cm³/mol. The van der Waals surface area contributed by atoms with Crippen LogP contribution >= 0.6 is 0 Å². The minimum absolute atomic E-state index is 0.152. The van der Waals surface area contributed by atoms with Crippen LogP contribution in [0.5, 0.6) is 23.0 Å².